The Balaban J connectivity index is 1.83. The number of nitrogens with zero attached hydrogens (tertiary/aromatic N) is 2. The Kier molecular flexibility index (Phi) is 7.19. The van der Waals surface area contributed by atoms with Gasteiger partial charge in [0, 0.05) is 39.1 Å². The van der Waals surface area contributed by atoms with Crippen LogP contribution in [0.15, 0.2) is 0 Å². The van der Waals surface area contributed by atoms with E-state index in [0.29, 0.717) is 32.7 Å². The molecule has 0 radical (unpaired) electrons. The Bertz CT molecular complexity index is 493. The van der Waals surface area contributed by atoms with Crippen LogP contribution in [0, 0.1) is 11.8 Å². The van der Waals surface area contributed by atoms with Gasteiger partial charge in [-0.05, 0) is 5.92 Å². The molecular formula is C17H29N3O5. The second kappa shape index (κ2) is 9.15. The molecule has 2 rings (SSSR count). The minimum absolute atomic E-state index is 0.0381. The number of hydrogen-bond donors (Lipinski definition) is 2. The molecule has 0 aromatic carbocycles. The van der Waals surface area contributed by atoms with Gasteiger partial charge in [-0.1, -0.05) is 20.3 Å². The maximum atomic E-state index is 12.4. The fraction of sp³-hybridized carbons (Fsp3) is 0.824. The first kappa shape index (κ1) is 19.7. The van der Waals surface area contributed by atoms with E-state index in [-0.39, 0.29) is 24.2 Å². The number of rotatable bonds is 8. The average Bonchev–Trinajstić information content (AvgIpc) is 2.98. The van der Waals surface area contributed by atoms with Gasteiger partial charge in [-0.25, -0.2) is 4.79 Å². The van der Waals surface area contributed by atoms with Crippen LogP contribution in [0.1, 0.15) is 26.7 Å². The predicted octanol–water partition coefficient (Wildman–Crippen LogP) is -0.217. The molecule has 3 atom stereocenters. The van der Waals surface area contributed by atoms with Crippen molar-refractivity contribution in [3.63, 3.8) is 0 Å². The van der Waals surface area contributed by atoms with Gasteiger partial charge >= 0.3 is 5.97 Å². The second-order valence-electron chi connectivity index (χ2n) is 6.90. The van der Waals surface area contributed by atoms with Crippen LogP contribution >= 0.6 is 0 Å². The number of amides is 2. The number of ether oxygens (including phenoxy) is 1. The van der Waals surface area contributed by atoms with E-state index in [4.69, 9.17) is 4.74 Å². The molecule has 8 heteroatoms. The highest BCUT2D eigenvalue weighted by atomic mass is 16.5. The number of carbonyl (C=O) groups excluding carboxylic acids is 2. The maximum absolute atomic E-state index is 12.4. The van der Waals surface area contributed by atoms with E-state index in [1.165, 1.54) is 0 Å². The summed E-state index contributed by atoms with van der Waals surface area (Å²) in [5.74, 6) is -2.03. The van der Waals surface area contributed by atoms with Gasteiger partial charge in [-0.2, -0.15) is 0 Å². The summed E-state index contributed by atoms with van der Waals surface area (Å²) < 4.78 is 5.30. The molecular weight excluding hydrogens is 326 g/mol. The standard InChI is InChI=1S/C17H29N3O5/c1-3-12(2)15(17(23)24)18-16(22)13-10-14(21)20(11-13)5-4-19-6-8-25-9-7-19/h12-13,15H,3-11H2,1-2H3,(H,18,22)(H,23,24)/t12-,13?,15-/m0/s1. The molecule has 2 saturated heterocycles. The third-order valence-corrected chi connectivity index (χ3v) is 5.15. The first-order chi connectivity index (χ1) is 11.9. The Morgan fingerprint density at radius 3 is 2.60 bits per heavy atom. The van der Waals surface area contributed by atoms with E-state index >= 15 is 0 Å². The molecule has 0 bridgehead atoms. The van der Waals surface area contributed by atoms with E-state index < -0.39 is 17.9 Å². The molecule has 0 saturated carbocycles. The maximum Gasteiger partial charge on any atom is 0.326 e. The zero-order valence-corrected chi connectivity index (χ0v) is 15.1. The van der Waals surface area contributed by atoms with Gasteiger partial charge in [0.2, 0.25) is 11.8 Å². The SMILES string of the molecule is CC[C@H](C)[C@H](NC(=O)C1CC(=O)N(CCN2CCOCC2)C1)C(=O)O. The number of nitrogens with one attached hydrogen (secondary N) is 1. The highest BCUT2D eigenvalue weighted by molar-refractivity contribution is 5.91. The lowest BCUT2D eigenvalue weighted by Crippen LogP contribution is -2.47. The van der Waals surface area contributed by atoms with Gasteiger partial charge in [0.1, 0.15) is 6.04 Å². The molecule has 2 aliphatic heterocycles. The first-order valence-corrected chi connectivity index (χ1v) is 9.03. The molecule has 8 nitrogen and oxygen atoms in total. The molecule has 2 heterocycles. The number of likely N-dealkylation sites (tertiary alicyclic amines) is 1. The summed E-state index contributed by atoms with van der Waals surface area (Å²) in [6, 6.07) is -0.907. The third kappa shape index (κ3) is 5.40. The smallest absolute Gasteiger partial charge is 0.326 e. The Morgan fingerprint density at radius 1 is 1.32 bits per heavy atom. The van der Waals surface area contributed by atoms with Crippen molar-refractivity contribution in [2.24, 2.45) is 11.8 Å². The summed E-state index contributed by atoms with van der Waals surface area (Å²) in [6.07, 6.45) is 0.814. The summed E-state index contributed by atoms with van der Waals surface area (Å²) >= 11 is 0. The van der Waals surface area contributed by atoms with Crippen molar-refractivity contribution in [3.05, 3.63) is 0 Å². The second-order valence-corrected chi connectivity index (χ2v) is 6.90. The minimum Gasteiger partial charge on any atom is -0.480 e. The summed E-state index contributed by atoms with van der Waals surface area (Å²) in [6.45, 7) is 8.57. The van der Waals surface area contributed by atoms with Crippen molar-refractivity contribution in [1.29, 1.82) is 0 Å². The van der Waals surface area contributed by atoms with E-state index in [0.717, 1.165) is 19.6 Å². The van der Waals surface area contributed by atoms with E-state index in [2.05, 4.69) is 10.2 Å². The molecule has 142 valence electrons. The Hall–Kier alpha value is -1.67. The number of carboxylic acids is 1. The molecule has 2 fully saturated rings. The number of carboxylic acid groups (broad SMARTS) is 1. The summed E-state index contributed by atoms with van der Waals surface area (Å²) in [5, 5.41) is 11.9. The molecule has 2 N–H and O–H groups in total. The third-order valence-electron chi connectivity index (χ3n) is 5.15. The molecule has 0 aromatic heterocycles. The monoisotopic (exact) mass is 355 g/mol. The fourth-order valence-corrected chi connectivity index (χ4v) is 3.20. The summed E-state index contributed by atoms with van der Waals surface area (Å²) in [4.78, 5) is 39.9. The Morgan fingerprint density at radius 2 is 2.00 bits per heavy atom. The first-order valence-electron chi connectivity index (χ1n) is 9.03. The van der Waals surface area contributed by atoms with Gasteiger partial charge in [0.25, 0.3) is 0 Å². The zero-order chi connectivity index (χ0) is 18.4. The van der Waals surface area contributed by atoms with Crippen molar-refractivity contribution < 1.29 is 24.2 Å². The highest BCUT2D eigenvalue weighted by Crippen LogP contribution is 2.19. The average molecular weight is 355 g/mol. The van der Waals surface area contributed by atoms with Gasteiger partial charge < -0.3 is 20.1 Å². The Labute approximate surface area is 148 Å². The van der Waals surface area contributed by atoms with Crippen LogP contribution in [0.5, 0.6) is 0 Å². The molecule has 0 aromatic rings. The highest BCUT2D eigenvalue weighted by Gasteiger charge is 2.36. The van der Waals surface area contributed by atoms with Gasteiger partial charge in [0.05, 0.1) is 19.1 Å². The fourth-order valence-electron chi connectivity index (χ4n) is 3.20. The quantitative estimate of drug-likeness (QED) is 0.625. The largest absolute Gasteiger partial charge is 0.480 e. The van der Waals surface area contributed by atoms with Gasteiger partial charge in [0.15, 0.2) is 0 Å². The van der Waals surface area contributed by atoms with Crippen LogP contribution in [0.3, 0.4) is 0 Å². The van der Waals surface area contributed by atoms with Crippen molar-refractivity contribution in [1.82, 2.24) is 15.1 Å². The lowest BCUT2D eigenvalue weighted by molar-refractivity contribution is -0.143. The normalized spacial score (nSPS) is 24.2. The topological polar surface area (TPSA) is 99.2 Å². The van der Waals surface area contributed by atoms with Crippen LogP contribution in [0.25, 0.3) is 0 Å². The molecule has 0 spiro atoms. The van der Waals surface area contributed by atoms with Crippen molar-refractivity contribution in [2.75, 3.05) is 45.9 Å². The van der Waals surface area contributed by atoms with E-state index in [1.807, 2.05) is 6.92 Å². The van der Waals surface area contributed by atoms with Crippen LogP contribution in [0.2, 0.25) is 0 Å². The van der Waals surface area contributed by atoms with Crippen LogP contribution in [-0.2, 0) is 19.1 Å². The number of aliphatic carboxylic acids is 1. The molecule has 2 aliphatic rings. The van der Waals surface area contributed by atoms with E-state index in [9.17, 15) is 19.5 Å². The number of morpholine rings is 1. The van der Waals surface area contributed by atoms with Crippen LogP contribution in [-0.4, -0.2) is 84.7 Å². The minimum atomic E-state index is -1.03. The van der Waals surface area contributed by atoms with Crippen molar-refractivity contribution >= 4 is 17.8 Å². The lowest BCUT2D eigenvalue weighted by atomic mass is 9.98. The van der Waals surface area contributed by atoms with Crippen LogP contribution < -0.4 is 5.32 Å². The summed E-state index contributed by atoms with van der Waals surface area (Å²) in [5.41, 5.74) is 0. The molecule has 1 unspecified atom stereocenters. The van der Waals surface area contributed by atoms with Gasteiger partial charge in [-0.15, -0.1) is 0 Å². The van der Waals surface area contributed by atoms with E-state index in [1.54, 1.807) is 11.8 Å². The zero-order valence-electron chi connectivity index (χ0n) is 15.1. The van der Waals surface area contributed by atoms with Crippen molar-refractivity contribution in [2.45, 2.75) is 32.7 Å². The molecule has 0 aliphatic carbocycles. The van der Waals surface area contributed by atoms with Crippen molar-refractivity contribution in [3.8, 4) is 0 Å². The number of hydrogen-bond acceptors (Lipinski definition) is 5. The molecule has 25 heavy (non-hydrogen) atoms. The predicted molar refractivity (Wildman–Crippen MR) is 91.0 cm³/mol. The lowest BCUT2D eigenvalue weighted by Gasteiger charge is -2.28. The van der Waals surface area contributed by atoms with Gasteiger partial charge in [-0.3, -0.25) is 14.5 Å². The summed E-state index contributed by atoms with van der Waals surface area (Å²) in [7, 11) is 0. The van der Waals surface area contributed by atoms with Crippen LogP contribution in [0.4, 0.5) is 0 Å². The molecule has 2 amide bonds. The number of carbonyl (C=O) groups is 3.